The maximum absolute atomic E-state index is 14.8. The quantitative estimate of drug-likeness (QED) is 0.0525. The molecular formula is C48H30F54N12O6. The van der Waals surface area contributed by atoms with Crippen LogP contribution < -0.4 is 43.1 Å². The van der Waals surface area contributed by atoms with Gasteiger partial charge in [-0.2, -0.15) is 267 Å². The molecule has 4 rings (SSSR count). The topological polar surface area (TPSA) is 181 Å². The highest BCUT2D eigenvalue weighted by molar-refractivity contribution is 5.37. The largest absolute Gasteiger partial charge is 0.460 e. The van der Waals surface area contributed by atoms with Gasteiger partial charge in [0.2, 0.25) is 17.8 Å². The molecule has 0 aliphatic carbocycles. The fraction of sp³-hybridized carbons (Fsp3) is 0.812. The Hall–Kier alpha value is -8.55. The number of rotatable bonds is 33. The summed E-state index contributed by atoms with van der Waals surface area (Å²) in [4.78, 5) is 24.3. The van der Waals surface area contributed by atoms with Gasteiger partial charge in [0.1, 0.15) is 0 Å². The lowest BCUT2D eigenvalue weighted by molar-refractivity contribution is -0.398. The van der Waals surface area contributed by atoms with Crippen molar-refractivity contribution in [2.45, 2.75) is 163 Å². The van der Waals surface area contributed by atoms with E-state index in [2.05, 4.69) is 73.3 Å². The molecule has 0 unspecified atom stereocenters. The summed E-state index contributed by atoms with van der Waals surface area (Å²) in [6, 6.07) is -16.0. The second-order valence-electron chi connectivity index (χ2n) is 23.5. The maximum atomic E-state index is 14.8. The zero-order valence-corrected chi connectivity index (χ0v) is 55.3. The van der Waals surface area contributed by atoms with Crippen molar-refractivity contribution < 1.29 is 266 Å². The number of hydrogen-bond donors (Lipinski definition) is 0. The summed E-state index contributed by atoms with van der Waals surface area (Å²) in [6.07, 6.45) is -50.8. The first kappa shape index (κ1) is 104. The summed E-state index contributed by atoms with van der Waals surface area (Å²) in [5, 5.41) is 0. The van der Waals surface area contributed by atoms with Crippen LogP contribution in [0.2, 0.25) is 0 Å². The van der Waals surface area contributed by atoms with Crippen LogP contribution in [0.15, 0.2) is 0 Å². The van der Waals surface area contributed by atoms with E-state index in [-0.39, 0.29) is 14.7 Å². The monoisotopic (exact) mass is 1900 g/mol. The standard InChI is InChI=1S/C48H30F54N12O6/c49-25(50,31(61,62)37(73,74)43(85,86)87)10-115-19-103-16(104-20(109-19)116-11-26(51,52)32(63,64)38(75,76)44(88,89)90)112-4-1-5-113(17-105-21(117-12-27(53,54)33(65,66)39(77,78)45(91,92)93)110-22(106-17)118-13-28(55,56)34(67,68)40(79,80)46(94,95)96)7-3-9-114(8-2-6-112)18-107-23(119-14-29(57,58)35(69,70)41(81,82)47(97,98)99)111-24(108-18)120-15-30(59,60)36(71,72)42(83,84)48(100,101)102/h1-15H2. The summed E-state index contributed by atoms with van der Waals surface area (Å²) < 4.78 is 773. The normalized spacial score (nSPS) is 16.6. The van der Waals surface area contributed by atoms with Gasteiger partial charge >= 0.3 is 180 Å². The third-order valence-electron chi connectivity index (χ3n) is 14.7. The Morgan fingerprint density at radius 2 is 0.275 bits per heavy atom. The van der Waals surface area contributed by atoms with Crippen molar-refractivity contribution in [3.63, 3.8) is 0 Å². The van der Waals surface area contributed by atoms with Gasteiger partial charge in [-0.1, -0.05) is 0 Å². The van der Waals surface area contributed by atoms with Gasteiger partial charge in [-0.05, 0) is 19.3 Å². The molecule has 120 heavy (non-hydrogen) atoms. The van der Waals surface area contributed by atoms with Gasteiger partial charge in [-0.25, -0.2) is 0 Å². The van der Waals surface area contributed by atoms with E-state index in [1.807, 2.05) is 0 Å². The molecule has 1 aliphatic rings. The van der Waals surface area contributed by atoms with Crippen molar-refractivity contribution in [3.8, 4) is 36.1 Å². The summed E-state index contributed by atoms with van der Waals surface area (Å²) in [5.41, 5.74) is 0. The average molecular weight is 1900 g/mol. The van der Waals surface area contributed by atoms with Crippen molar-refractivity contribution in [1.82, 2.24) is 44.9 Å². The van der Waals surface area contributed by atoms with E-state index >= 15 is 0 Å². The highest BCUT2D eigenvalue weighted by atomic mass is 19.5. The van der Waals surface area contributed by atoms with Crippen LogP contribution in [0.25, 0.3) is 0 Å². The third-order valence-corrected chi connectivity index (χ3v) is 14.7. The molecule has 0 N–H and O–H groups in total. The molecule has 1 aliphatic heterocycles. The summed E-state index contributed by atoms with van der Waals surface area (Å²) in [7, 11) is 0. The molecule has 0 radical (unpaired) electrons. The van der Waals surface area contributed by atoms with Crippen molar-refractivity contribution in [1.29, 1.82) is 0 Å². The van der Waals surface area contributed by atoms with Gasteiger partial charge in [0.25, 0.3) is 0 Å². The number of aromatic nitrogens is 9. The molecule has 3 aromatic rings. The predicted molar refractivity (Wildman–Crippen MR) is 268 cm³/mol. The van der Waals surface area contributed by atoms with Gasteiger partial charge in [0, 0.05) is 39.3 Å². The highest BCUT2D eigenvalue weighted by Crippen LogP contribution is 2.60. The van der Waals surface area contributed by atoms with Crippen molar-refractivity contribution in [2.24, 2.45) is 0 Å². The lowest BCUT2D eigenvalue weighted by Gasteiger charge is -2.33. The Kier molecular flexibility index (Phi) is 28.2. The Labute approximate surface area is 621 Å². The van der Waals surface area contributed by atoms with Gasteiger partial charge in [0.15, 0.2) is 39.6 Å². The second kappa shape index (κ2) is 32.6. The second-order valence-corrected chi connectivity index (χ2v) is 23.5. The minimum atomic E-state index is -7.95. The van der Waals surface area contributed by atoms with Crippen LogP contribution in [0.3, 0.4) is 0 Å². The fourth-order valence-corrected chi connectivity index (χ4v) is 8.01. The molecule has 0 spiro atoms. The molecule has 72 heteroatoms. The van der Waals surface area contributed by atoms with Crippen LogP contribution in [-0.4, -0.2) is 267 Å². The lowest BCUT2D eigenvalue weighted by atomic mass is 10.0. The molecule has 0 amide bonds. The van der Waals surface area contributed by atoms with Gasteiger partial charge in [-0.3, -0.25) is 0 Å². The molecular weight excluding hydrogens is 1870 g/mol. The Balaban J connectivity index is 2.19. The first-order chi connectivity index (χ1) is 52.9. The number of halogens is 54. The average Bonchev–Trinajstić information content (AvgIpc) is 0.769. The first-order valence-corrected chi connectivity index (χ1v) is 29.4. The number of ether oxygens (including phenoxy) is 6. The molecule has 1 fully saturated rings. The van der Waals surface area contributed by atoms with Gasteiger partial charge in [0.05, 0.1) is 0 Å². The number of alkyl halides is 54. The summed E-state index contributed by atoms with van der Waals surface area (Å²) in [5.74, 6) is -144. The van der Waals surface area contributed by atoms with Crippen molar-refractivity contribution in [2.75, 3.05) is 93.6 Å². The molecule has 0 saturated carbocycles. The van der Waals surface area contributed by atoms with E-state index < -0.39 is 296 Å². The fourth-order valence-electron chi connectivity index (χ4n) is 8.01. The Morgan fingerprint density at radius 3 is 0.375 bits per heavy atom. The first-order valence-electron chi connectivity index (χ1n) is 29.4. The summed E-state index contributed by atoms with van der Waals surface area (Å²) >= 11 is 0. The highest BCUT2D eigenvalue weighted by Gasteiger charge is 2.87. The van der Waals surface area contributed by atoms with Gasteiger partial charge < -0.3 is 43.1 Å². The minimum absolute atomic E-state index is 0.114. The van der Waals surface area contributed by atoms with Crippen LogP contribution in [0, 0.1) is 0 Å². The number of hydrogen-bond acceptors (Lipinski definition) is 18. The molecule has 0 bridgehead atoms. The van der Waals surface area contributed by atoms with E-state index in [9.17, 15) is 237 Å². The van der Waals surface area contributed by atoms with Crippen LogP contribution in [0.4, 0.5) is 255 Å². The lowest BCUT2D eigenvalue weighted by Crippen LogP contribution is -2.62. The van der Waals surface area contributed by atoms with Crippen LogP contribution >= 0.6 is 0 Å². The SMILES string of the molecule is FC(F)(F)C(F)(F)C(F)(F)C(F)(F)COc1nc(OCC(F)(F)C(F)(F)C(F)(F)C(F)(F)F)nc(N2CCCN(c3nc(OCC(F)(F)C(F)(F)C(F)(F)C(F)(F)F)nc(OCC(F)(F)C(F)(F)C(F)(F)C(F)(F)F)n3)CCCN(c3nc(OCC(F)(F)C(F)(F)C(F)(F)C(F)(F)F)nc(OCC(F)(F)C(F)(F)C(F)(F)C(F)(F)F)n3)CCC2)n1. The molecule has 696 valence electrons. The third kappa shape index (κ3) is 19.7. The van der Waals surface area contributed by atoms with E-state index in [0.29, 0.717) is 0 Å². The minimum Gasteiger partial charge on any atom is -0.457 e. The van der Waals surface area contributed by atoms with Crippen molar-refractivity contribution in [3.05, 3.63) is 0 Å². The molecule has 0 atom stereocenters. The predicted octanol–water partition coefficient (Wildman–Crippen LogP) is 17.3. The summed E-state index contributed by atoms with van der Waals surface area (Å²) in [6.45, 7) is -32.9. The van der Waals surface area contributed by atoms with Gasteiger partial charge in [-0.15, -0.1) is 15.0 Å². The zero-order chi connectivity index (χ0) is 94.1. The molecule has 0 aromatic carbocycles. The van der Waals surface area contributed by atoms with Crippen molar-refractivity contribution >= 4 is 17.8 Å². The molecule has 1 saturated heterocycles. The maximum Gasteiger partial charge on any atom is 0.460 e. The van der Waals surface area contributed by atoms with Crippen LogP contribution in [0.1, 0.15) is 19.3 Å². The zero-order valence-electron chi connectivity index (χ0n) is 55.3. The van der Waals surface area contributed by atoms with E-state index in [1.165, 1.54) is 0 Å². The smallest absolute Gasteiger partial charge is 0.457 e. The van der Waals surface area contributed by atoms with E-state index in [0.717, 1.165) is 0 Å². The van der Waals surface area contributed by atoms with Crippen LogP contribution in [-0.2, 0) is 0 Å². The van der Waals surface area contributed by atoms with E-state index in [4.69, 9.17) is 0 Å². The van der Waals surface area contributed by atoms with Crippen LogP contribution in [0.5, 0.6) is 36.1 Å². The number of nitrogens with zero attached hydrogens (tertiary/aromatic N) is 12. The molecule has 4 heterocycles. The molecule has 18 nitrogen and oxygen atoms in total. The molecule has 3 aromatic heterocycles. The Bertz CT molecular complexity index is 3340. The Morgan fingerprint density at radius 1 is 0.167 bits per heavy atom. The van der Waals surface area contributed by atoms with E-state index in [1.54, 1.807) is 0 Å². The number of anilines is 3.